The molecule has 0 bridgehead atoms. The normalized spacial score (nSPS) is 16.8. The molecule has 0 unspecified atom stereocenters. The Morgan fingerprint density at radius 1 is 1.39 bits per heavy atom. The maximum absolute atomic E-state index is 12.2. The molecule has 1 heterocycles. The number of nitrogens with zero attached hydrogens (tertiary/aromatic N) is 1. The van der Waals surface area contributed by atoms with Crippen molar-refractivity contribution in [2.45, 2.75) is 45.6 Å². The van der Waals surface area contributed by atoms with Crippen molar-refractivity contribution in [3.8, 4) is 0 Å². The first-order valence-electron chi connectivity index (χ1n) is 7.15. The van der Waals surface area contributed by atoms with Crippen LogP contribution in [-0.2, 0) is 74.5 Å². The van der Waals surface area contributed by atoms with Crippen molar-refractivity contribution in [1.82, 2.24) is 5.06 Å². The zero-order valence-corrected chi connectivity index (χ0v) is 19.6. The molecular weight excluding hydrogens is 538 g/mol. The van der Waals surface area contributed by atoms with Gasteiger partial charge in [-0.15, -0.1) is 6.92 Å². The fraction of sp³-hybridized carbons (Fsp3) is 0.562. The summed E-state index contributed by atoms with van der Waals surface area (Å²) < 4.78 is 10.4. The first-order valence-corrected chi connectivity index (χ1v) is 7.15. The van der Waals surface area contributed by atoms with Gasteiger partial charge in [0.1, 0.15) is 5.60 Å². The van der Waals surface area contributed by atoms with E-state index in [-0.39, 0.29) is 66.2 Å². The Labute approximate surface area is 179 Å². The summed E-state index contributed by atoms with van der Waals surface area (Å²) in [4.78, 5) is 12.2. The number of hydroxylamine groups is 2. The molecule has 1 aromatic carbocycles. The molecule has 3 radical (unpaired) electrons. The summed E-state index contributed by atoms with van der Waals surface area (Å²) in [6.07, 6.45) is 1.66. The fourth-order valence-corrected chi connectivity index (χ4v) is 2.47. The van der Waals surface area contributed by atoms with E-state index in [1.165, 1.54) is 0 Å². The summed E-state index contributed by atoms with van der Waals surface area (Å²) in [6.45, 7) is 7.14. The van der Waals surface area contributed by atoms with Crippen LogP contribution in [0.4, 0.5) is 0 Å². The molecular formula is C16H20BNO3WY-2. The number of aryl methyl sites for hydroxylation is 2. The van der Waals surface area contributed by atoms with Gasteiger partial charge in [0.05, 0.1) is 0 Å². The van der Waals surface area contributed by atoms with E-state index in [0.29, 0.717) is 25.9 Å². The van der Waals surface area contributed by atoms with E-state index in [4.69, 9.17) is 17.5 Å². The van der Waals surface area contributed by atoms with Gasteiger partial charge >= 0.3 is 14.0 Å². The summed E-state index contributed by atoms with van der Waals surface area (Å²) in [5.74, 6) is -0.218. The molecule has 1 aromatic rings. The number of rotatable bonds is 4. The molecule has 1 aliphatic heterocycles. The monoisotopic (exact) mass is 558 g/mol. The quantitative estimate of drug-likeness (QED) is 0.322. The van der Waals surface area contributed by atoms with Crippen LogP contribution in [0, 0.1) is 26.0 Å². The topological polar surface area (TPSA) is 38.8 Å². The van der Waals surface area contributed by atoms with Gasteiger partial charge in [-0.3, -0.25) is 27.6 Å². The molecule has 0 amide bonds. The maximum atomic E-state index is 12.2. The molecule has 0 saturated carbocycles. The van der Waals surface area contributed by atoms with Gasteiger partial charge in [-0.2, -0.15) is 0 Å². The van der Waals surface area contributed by atoms with Crippen molar-refractivity contribution in [2.75, 3.05) is 13.1 Å². The molecule has 121 valence electrons. The number of hydrogen-bond donors (Lipinski definition) is 0. The maximum Gasteiger partial charge on any atom is 0.317 e. The smallest absolute Gasteiger partial charge is 0.317 e. The summed E-state index contributed by atoms with van der Waals surface area (Å²) in [5.41, 5.74) is 2.34. The minimum Gasteiger partial charge on any atom is -0.459 e. The van der Waals surface area contributed by atoms with Crippen LogP contribution in [0.25, 0.3) is 0 Å². The van der Waals surface area contributed by atoms with Gasteiger partial charge in [-0.25, -0.2) is 5.06 Å². The van der Waals surface area contributed by atoms with Crippen molar-refractivity contribution in [1.29, 1.82) is 0 Å². The molecule has 0 atom stereocenters. The molecule has 0 aliphatic carbocycles. The summed E-state index contributed by atoms with van der Waals surface area (Å²) in [7, 11) is 5.14. The van der Waals surface area contributed by atoms with Gasteiger partial charge in [0.15, 0.2) is 0 Å². The van der Waals surface area contributed by atoms with E-state index in [1.54, 1.807) is 5.06 Å². The number of ether oxygens (including phenoxy) is 1. The average molecular weight is 558 g/mol. The zero-order valence-electron chi connectivity index (χ0n) is 13.8. The number of carbonyl (C=O) groups excluding carboxylic acids is 1. The largest absolute Gasteiger partial charge is 0.459 e. The van der Waals surface area contributed by atoms with Crippen LogP contribution in [-0.4, -0.2) is 37.8 Å². The van der Waals surface area contributed by atoms with Crippen molar-refractivity contribution in [2.24, 2.45) is 0 Å². The number of benzene rings is 1. The van der Waals surface area contributed by atoms with E-state index >= 15 is 0 Å². The predicted octanol–water partition coefficient (Wildman–Crippen LogP) is 1.85. The molecule has 23 heavy (non-hydrogen) atoms. The Morgan fingerprint density at radius 2 is 2.00 bits per heavy atom. The van der Waals surface area contributed by atoms with E-state index < -0.39 is 5.60 Å². The van der Waals surface area contributed by atoms with Crippen LogP contribution in [0.2, 0.25) is 0 Å². The molecule has 2 rings (SSSR count). The third-order valence-corrected chi connectivity index (χ3v) is 3.93. The van der Waals surface area contributed by atoms with Crippen molar-refractivity contribution in [3.05, 3.63) is 34.9 Å². The van der Waals surface area contributed by atoms with Gasteiger partial charge in [-0.1, -0.05) is 6.92 Å². The van der Waals surface area contributed by atoms with Crippen LogP contribution < -0.4 is 0 Å². The van der Waals surface area contributed by atoms with Crippen LogP contribution in [0.3, 0.4) is 0 Å². The predicted molar refractivity (Wildman–Crippen MR) is 79.4 cm³/mol. The fourth-order valence-electron chi connectivity index (χ4n) is 2.47. The summed E-state index contributed by atoms with van der Waals surface area (Å²) in [5, 5.41) is 1.67. The van der Waals surface area contributed by atoms with Crippen LogP contribution in [0.5, 0.6) is 0 Å². The Hall–Kier alpha value is 0.467. The molecule has 1 aliphatic rings. The third kappa shape index (κ3) is 7.08. The van der Waals surface area contributed by atoms with E-state index in [1.807, 2.05) is 26.8 Å². The number of piperidine rings is 1. The number of hydrogen-bond acceptors (Lipinski definition) is 4. The van der Waals surface area contributed by atoms with Gasteiger partial charge in [0, 0.05) is 86.1 Å². The van der Waals surface area contributed by atoms with Gasteiger partial charge < -0.3 is 21.6 Å². The van der Waals surface area contributed by atoms with Crippen LogP contribution in [0.1, 0.15) is 36.5 Å². The minimum atomic E-state index is -0.448. The van der Waals surface area contributed by atoms with Gasteiger partial charge in [-0.05, 0) is 6.92 Å². The number of esters is 1. The standard InChI is InChI=1S/C16H20BNO3.W.Y/c1-12-4-5-13(2)14(10-12)11-15(19)20-16(3)6-8-18(21-17)9-7-16;;/h5H,6-9,11H2,1-3H3;;/q-2;;. The van der Waals surface area contributed by atoms with E-state index in [2.05, 4.69) is 12.1 Å². The van der Waals surface area contributed by atoms with Gasteiger partial charge in [0.25, 0.3) is 0 Å². The molecule has 0 aromatic heterocycles. The molecule has 1 fully saturated rings. The second-order valence-electron chi connectivity index (χ2n) is 5.84. The van der Waals surface area contributed by atoms with Crippen LogP contribution in [0.15, 0.2) is 6.07 Å². The molecule has 7 heteroatoms. The zero-order chi connectivity index (χ0) is 15.5. The summed E-state index contributed by atoms with van der Waals surface area (Å²) in [6, 6.07) is 8.13. The first kappa shape index (κ1) is 23.5. The van der Waals surface area contributed by atoms with E-state index in [9.17, 15) is 4.79 Å². The van der Waals surface area contributed by atoms with Crippen LogP contribution >= 0.6 is 0 Å². The Kier molecular flexibility index (Phi) is 10.7. The first-order chi connectivity index (χ1) is 9.92. The second kappa shape index (κ2) is 10.5. The Morgan fingerprint density at radius 3 is 2.57 bits per heavy atom. The number of carbonyl (C=O) groups is 1. The van der Waals surface area contributed by atoms with Gasteiger partial charge in [0.2, 0.25) is 0 Å². The van der Waals surface area contributed by atoms with E-state index in [0.717, 1.165) is 16.7 Å². The molecule has 1 saturated heterocycles. The molecule has 0 N–H and O–H groups in total. The molecule has 4 nitrogen and oxygen atoms in total. The minimum absolute atomic E-state index is 0. The van der Waals surface area contributed by atoms with Crippen molar-refractivity contribution in [3.63, 3.8) is 0 Å². The Balaban J connectivity index is 0.00000242. The Bertz CT molecular complexity index is 522. The summed E-state index contributed by atoms with van der Waals surface area (Å²) >= 11 is 0. The molecule has 0 spiro atoms. The SMILES string of the molecule is [B]ON1CCC(C)(OC(=O)Cc2[c-]c(C)[c-]cc2C)CC1.[W].[Y]. The van der Waals surface area contributed by atoms with Crippen molar-refractivity contribution < 1.29 is 68.1 Å². The average Bonchev–Trinajstić information content (AvgIpc) is 2.43. The van der Waals surface area contributed by atoms with Crippen molar-refractivity contribution >= 4 is 14.0 Å². The third-order valence-electron chi connectivity index (χ3n) is 3.93. The second-order valence-corrected chi connectivity index (χ2v) is 5.84.